The van der Waals surface area contributed by atoms with Gasteiger partial charge < -0.3 is 29.9 Å². The van der Waals surface area contributed by atoms with Crippen molar-refractivity contribution < 1.29 is 29.9 Å². The first-order chi connectivity index (χ1) is 11.0. The standard InChI is InChI=1S/C17H26O6/c1-11-6-2-3-7-12(11)8-4-5-9-22-17-16(21)15(20)14(19)13(10-18)23-17/h2-3,6-7,13-21H,4-5,8-10H2,1H3. The van der Waals surface area contributed by atoms with Crippen molar-refractivity contribution in [3.05, 3.63) is 35.4 Å². The Hall–Kier alpha value is -1.02. The van der Waals surface area contributed by atoms with E-state index in [0.29, 0.717) is 6.61 Å². The number of hydrogen-bond donors (Lipinski definition) is 4. The zero-order valence-electron chi connectivity index (χ0n) is 13.3. The molecule has 130 valence electrons. The first kappa shape index (κ1) is 18.3. The monoisotopic (exact) mass is 326 g/mol. The zero-order chi connectivity index (χ0) is 16.8. The molecule has 1 heterocycles. The molecule has 0 aliphatic carbocycles. The van der Waals surface area contributed by atoms with E-state index in [1.54, 1.807) is 0 Å². The fraction of sp³-hybridized carbons (Fsp3) is 0.647. The van der Waals surface area contributed by atoms with Crippen molar-refractivity contribution in [3.8, 4) is 0 Å². The maximum atomic E-state index is 9.85. The van der Waals surface area contributed by atoms with Gasteiger partial charge >= 0.3 is 0 Å². The lowest BCUT2D eigenvalue weighted by molar-refractivity contribution is -0.301. The Morgan fingerprint density at radius 2 is 1.78 bits per heavy atom. The fourth-order valence-corrected chi connectivity index (χ4v) is 2.71. The Labute approximate surface area is 136 Å². The van der Waals surface area contributed by atoms with Crippen LogP contribution < -0.4 is 0 Å². The number of rotatable bonds is 7. The Balaban J connectivity index is 1.72. The third kappa shape index (κ3) is 4.73. The average molecular weight is 326 g/mol. The largest absolute Gasteiger partial charge is 0.394 e. The summed E-state index contributed by atoms with van der Waals surface area (Å²) in [5.74, 6) is 0. The summed E-state index contributed by atoms with van der Waals surface area (Å²) in [5.41, 5.74) is 2.57. The first-order valence-electron chi connectivity index (χ1n) is 8.01. The molecule has 0 radical (unpaired) electrons. The topological polar surface area (TPSA) is 99.4 Å². The molecule has 1 fully saturated rings. The minimum Gasteiger partial charge on any atom is -0.394 e. The molecule has 4 N–H and O–H groups in total. The van der Waals surface area contributed by atoms with Gasteiger partial charge in [-0.25, -0.2) is 0 Å². The SMILES string of the molecule is Cc1ccccc1CCCCOC1OC(CO)C(O)C(O)C1O. The Kier molecular flexibility index (Phi) is 6.95. The highest BCUT2D eigenvalue weighted by atomic mass is 16.7. The number of aryl methyl sites for hydroxylation is 2. The quantitative estimate of drug-likeness (QED) is 0.532. The van der Waals surface area contributed by atoms with Crippen LogP contribution in [0.3, 0.4) is 0 Å². The lowest BCUT2D eigenvalue weighted by Crippen LogP contribution is -2.59. The van der Waals surface area contributed by atoms with Crippen LogP contribution in [0.4, 0.5) is 0 Å². The Bertz CT molecular complexity index is 478. The van der Waals surface area contributed by atoms with E-state index in [1.807, 2.05) is 12.1 Å². The summed E-state index contributed by atoms with van der Waals surface area (Å²) in [7, 11) is 0. The van der Waals surface area contributed by atoms with Gasteiger partial charge in [-0.3, -0.25) is 0 Å². The molecule has 1 aliphatic rings. The second-order valence-corrected chi connectivity index (χ2v) is 5.95. The minimum absolute atomic E-state index is 0.370. The van der Waals surface area contributed by atoms with Crippen LogP contribution in [0.15, 0.2) is 24.3 Å². The maximum Gasteiger partial charge on any atom is 0.186 e. The molecule has 6 heteroatoms. The van der Waals surface area contributed by atoms with Crippen LogP contribution in [0.25, 0.3) is 0 Å². The first-order valence-corrected chi connectivity index (χ1v) is 8.01. The smallest absolute Gasteiger partial charge is 0.186 e. The number of hydrogen-bond acceptors (Lipinski definition) is 6. The molecular weight excluding hydrogens is 300 g/mol. The van der Waals surface area contributed by atoms with Crippen molar-refractivity contribution in [3.63, 3.8) is 0 Å². The van der Waals surface area contributed by atoms with Crippen molar-refractivity contribution in [2.24, 2.45) is 0 Å². The Morgan fingerprint density at radius 1 is 1.04 bits per heavy atom. The van der Waals surface area contributed by atoms with Crippen LogP contribution >= 0.6 is 0 Å². The van der Waals surface area contributed by atoms with Gasteiger partial charge in [0.1, 0.15) is 24.4 Å². The van der Waals surface area contributed by atoms with Crippen LogP contribution in [-0.4, -0.2) is 64.3 Å². The summed E-state index contributed by atoms with van der Waals surface area (Å²) in [6.45, 7) is 2.01. The van der Waals surface area contributed by atoms with E-state index in [9.17, 15) is 15.3 Å². The number of unbranched alkanes of at least 4 members (excludes halogenated alkanes) is 1. The number of aliphatic hydroxyl groups excluding tert-OH is 4. The van der Waals surface area contributed by atoms with Crippen molar-refractivity contribution in [2.75, 3.05) is 13.2 Å². The van der Waals surface area contributed by atoms with Gasteiger partial charge in [0.25, 0.3) is 0 Å². The summed E-state index contributed by atoms with van der Waals surface area (Å²) >= 11 is 0. The summed E-state index contributed by atoms with van der Waals surface area (Å²) in [5, 5.41) is 38.3. The van der Waals surface area contributed by atoms with E-state index in [0.717, 1.165) is 19.3 Å². The van der Waals surface area contributed by atoms with Crippen LogP contribution in [0.1, 0.15) is 24.0 Å². The second-order valence-electron chi connectivity index (χ2n) is 5.95. The van der Waals surface area contributed by atoms with Gasteiger partial charge in [0.2, 0.25) is 0 Å². The summed E-state index contributed by atoms with van der Waals surface area (Å²) < 4.78 is 10.7. The van der Waals surface area contributed by atoms with Crippen LogP contribution in [0, 0.1) is 6.92 Å². The highest BCUT2D eigenvalue weighted by molar-refractivity contribution is 5.25. The van der Waals surface area contributed by atoms with E-state index >= 15 is 0 Å². The Morgan fingerprint density at radius 3 is 2.48 bits per heavy atom. The molecule has 0 amide bonds. The normalized spacial score (nSPS) is 31.3. The molecule has 2 rings (SSSR count). The van der Waals surface area contributed by atoms with Crippen molar-refractivity contribution in [1.82, 2.24) is 0 Å². The number of ether oxygens (including phenoxy) is 2. The third-order valence-corrected chi connectivity index (χ3v) is 4.23. The van der Waals surface area contributed by atoms with E-state index in [-0.39, 0.29) is 0 Å². The summed E-state index contributed by atoms with van der Waals surface area (Å²) in [6, 6.07) is 8.22. The molecule has 1 saturated heterocycles. The molecule has 6 nitrogen and oxygen atoms in total. The summed E-state index contributed by atoms with van der Waals surface area (Å²) in [6.07, 6.45) is -3.37. The van der Waals surface area contributed by atoms with E-state index < -0.39 is 37.3 Å². The minimum atomic E-state index is -1.39. The maximum absolute atomic E-state index is 9.85. The highest BCUT2D eigenvalue weighted by Gasteiger charge is 2.43. The zero-order valence-corrected chi connectivity index (χ0v) is 13.3. The lowest BCUT2D eigenvalue weighted by Gasteiger charge is -2.39. The predicted molar refractivity (Wildman–Crippen MR) is 83.8 cm³/mol. The van der Waals surface area contributed by atoms with E-state index in [4.69, 9.17) is 14.6 Å². The third-order valence-electron chi connectivity index (χ3n) is 4.23. The fourth-order valence-electron chi connectivity index (χ4n) is 2.71. The molecule has 0 bridgehead atoms. The molecule has 0 spiro atoms. The summed E-state index contributed by atoms with van der Waals surface area (Å²) in [4.78, 5) is 0. The predicted octanol–water partition coefficient (Wildman–Crippen LogP) is 0.134. The molecular formula is C17H26O6. The molecule has 1 aromatic rings. The van der Waals surface area contributed by atoms with E-state index in [1.165, 1.54) is 11.1 Å². The van der Waals surface area contributed by atoms with Crippen LogP contribution in [-0.2, 0) is 15.9 Å². The molecule has 1 aromatic carbocycles. The van der Waals surface area contributed by atoms with Gasteiger partial charge in [-0.2, -0.15) is 0 Å². The van der Waals surface area contributed by atoms with Gasteiger partial charge in [-0.1, -0.05) is 24.3 Å². The average Bonchev–Trinajstić information content (AvgIpc) is 2.56. The number of benzene rings is 1. The van der Waals surface area contributed by atoms with Gasteiger partial charge in [0.05, 0.1) is 6.61 Å². The van der Waals surface area contributed by atoms with Gasteiger partial charge in [-0.15, -0.1) is 0 Å². The molecule has 5 atom stereocenters. The molecule has 0 aromatic heterocycles. The molecule has 5 unspecified atom stereocenters. The van der Waals surface area contributed by atoms with Crippen LogP contribution in [0.2, 0.25) is 0 Å². The number of aliphatic hydroxyl groups is 4. The molecule has 0 saturated carbocycles. The van der Waals surface area contributed by atoms with Crippen molar-refractivity contribution in [2.45, 2.75) is 56.9 Å². The highest BCUT2D eigenvalue weighted by Crippen LogP contribution is 2.22. The lowest BCUT2D eigenvalue weighted by atomic mass is 9.99. The van der Waals surface area contributed by atoms with Gasteiger partial charge in [-0.05, 0) is 37.3 Å². The van der Waals surface area contributed by atoms with Gasteiger partial charge in [0.15, 0.2) is 6.29 Å². The van der Waals surface area contributed by atoms with Crippen molar-refractivity contribution in [1.29, 1.82) is 0 Å². The second kappa shape index (κ2) is 8.73. The van der Waals surface area contributed by atoms with Crippen molar-refractivity contribution >= 4 is 0 Å². The van der Waals surface area contributed by atoms with Crippen LogP contribution in [0.5, 0.6) is 0 Å². The van der Waals surface area contributed by atoms with Gasteiger partial charge in [0, 0.05) is 6.61 Å². The molecule has 1 aliphatic heterocycles. The molecule has 23 heavy (non-hydrogen) atoms. The van der Waals surface area contributed by atoms with E-state index in [2.05, 4.69) is 19.1 Å².